The Morgan fingerprint density at radius 3 is 2.27 bits per heavy atom. The highest BCUT2D eigenvalue weighted by Crippen LogP contribution is 2.34. The van der Waals surface area contributed by atoms with Gasteiger partial charge in [0.05, 0.1) is 16.7 Å². The first kappa shape index (κ1) is 24.8. The molecule has 0 unspecified atom stereocenters. The number of benzene rings is 3. The molecule has 190 valence electrons. The van der Waals surface area contributed by atoms with E-state index in [1.807, 2.05) is 42.5 Å². The van der Waals surface area contributed by atoms with E-state index in [4.69, 9.17) is 5.10 Å². The molecule has 1 fully saturated rings. The number of piperazine rings is 1. The van der Waals surface area contributed by atoms with Gasteiger partial charge in [-0.2, -0.15) is 5.10 Å². The Bertz CT molecular complexity index is 1260. The van der Waals surface area contributed by atoms with Crippen LogP contribution in [0.2, 0.25) is 0 Å². The Labute approximate surface area is 217 Å². The van der Waals surface area contributed by atoms with E-state index in [-0.39, 0.29) is 17.6 Å². The minimum atomic E-state index is -0.402. The summed E-state index contributed by atoms with van der Waals surface area (Å²) >= 11 is 0. The minimum absolute atomic E-state index is 0.0198. The molecule has 0 aromatic heterocycles. The number of carbonyl (C=O) groups excluding carboxylic acids is 1. The normalized spacial score (nSPS) is 18.5. The second kappa shape index (κ2) is 11.5. The van der Waals surface area contributed by atoms with E-state index in [1.54, 1.807) is 17.1 Å². The maximum atomic E-state index is 13.4. The number of nitro groups is 1. The van der Waals surface area contributed by atoms with Crippen LogP contribution < -0.4 is 0 Å². The molecule has 8 heteroatoms. The predicted molar refractivity (Wildman–Crippen MR) is 143 cm³/mol. The zero-order valence-electron chi connectivity index (χ0n) is 20.8. The van der Waals surface area contributed by atoms with Gasteiger partial charge in [-0.1, -0.05) is 72.8 Å². The first-order valence-electron chi connectivity index (χ1n) is 12.7. The van der Waals surface area contributed by atoms with Crippen molar-refractivity contribution in [3.05, 3.63) is 112 Å². The molecule has 0 radical (unpaired) electrons. The zero-order valence-corrected chi connectivity index (χ0v) is 20.8. The van der Waals surface area contributed by atoms with Crippen LogP contribution in [0.4, 0.5) is 5.69 Å². The van der Waals surface area contributed by atoms with Crippen molar-refractivity contribution in [3.63, 3.8) is 0 Å². The summed E-state index contributed by atoms with van der Waals surface area (Å²) in [7, 11) is 0. The van der Waals surface area contributed by atoms with Crippen molar-refractivity contribution in [2.24, 2.45) is 5.10 Å². The summed E-state index contributed by atoms with van der Waals surface area (Å²) in [4.78, 5) is 29.2. The Morgan fingerprint density at radius 2 is 1.57 bits per heavy atom. The largest absolute Gasteiger partial charge is 0.300 e. The summed E-state index contributed by atoms with van der Waals surface area (Å²) in [5.41, 5.74) is 3.85. The van der Waals surface area contributed by atoms with Gasteiger partial charge in [-0.25, -0.2) is 5.01 Å². The molecule has 3 aromatic rings. The van der Waals surface area contributed by atoms with Crippen LogP contribution in [0.1, 0.15) is 35.6 Å². The minimum Gasteiger partial charge on any atom is -0.300 e. The van der Waals surface area contributed by atoms with Crippen molar-refractivity contribution >= 4 is 17.3 Å². The highest BCUT2D eigenvalue weighted by molar-refractivity contribution is 6.03. The number of hydrazone groups is 1. The van der Waals surface area contributed by atoms with Gasteiger partial charge in [-0.15, -0.1) is 0 Å². The topological polar surface area (TPSA) is 82.3 Å². The summed E-state index contributed by atoms with van der Waals surface area (Å²) in [6.07, 6.45) is 0.880. The maximum absolute atomic E-state index is 13.4. The van der Waals surface area contributed by atoms with E-state index in [9.17, 15) is 14.9 Å². The van der Waals surface area contributed by atoms with E-state index in [0.717, 1.165) is 49.6 Å². The number of carbonyl (C=O) groups is 1. The molecule has 5 rings (SSSR count). The summed E-state index contributed by atoms with van der Waals surface area (Å²) in [6, 6.07) is 26.5. The standard InChI is InChI=1S/C29H31N5O3/c35-29(14-15-31-16-18-32(19-17-31)22-23-8-3-1-4-9-23)33-28(25-12-7-13-26(20-25)34(36)37)21-27(30-33)24-10-5-2-6-11-24/h1-13,20,28H,14-19,21-22H2/t28-/m0/s1. The molecule has 1 amide bonds. The fraction of sp³-hybridized carbons (Fsp3) is 0.310. The third-order valence-electron chi connectivity index (χ3n) is 7.09. The number of hydrogen-bond donors (Lipinski definition) is 0. The van der Waals surface area contributed by atoms with Crippen LogP contribution in [-0.2, 0) is 11.3 Å². The van der Waals surface area contributed by atoms with Gasteiger partial charge in [0.15, 0.2) is 0 Å². The molecule has 1 saturated heterocycles. The van der Waals surface area contributed by atoms with Gasteiger partial charge in [0.1, 0.15) is 0 Å². The van der Waals surface area contributed by atoms with Crippen LogP contribution in [0.3, 0.4) is 0 Å². The van der Waals surface area contributed by atoms with Crippen molar-refractivity contribution < 1.29 is 9.72 Å². The molecule has 8 nitrogen and oxygen atoms in total. The van der Waals surface area contributed by atoms with Crippen molar-refractivity contribution in [2.45, 2.75) is 25.4 Å². The van der Waals surface area contributed by atoms with Crippen molar-refractivity contribution in [1.29, 1.82) is 0 Å². The van der Waals surface area contributed by atoms with Gasteiger partial charge in [-0.05, 0) is 16.7 Å². The summed E-state index contributed by atoms with van der Waals surface area (Å²) in [6.45, 7) is 5.41. The first-order chi connectivity index (χ1) is 18.1. The molecule has 3 aromatic carbocycles. The van der Waals surface area contributed by atoms with Crippen LogP contribution in [-0.4, -0.2) is 64.1 Å². The second-order valence-corrected chi connectivity index (χ2v) is 9.58. The molecular weight excluding hydrogens is 466 g/mol. The Morgan fingerprint density at radius 1 is 0.892 bits per heavy atom. The van der Waals surface area contributed by atoms with E-state index >= 15 is 0 Å². The van der Waals surface area contributed by atoms with Gasteiger partial charge in [0, 0.05) is 64.2 Å². The van der Waals surface area contributed by atoms with Crippen LogP contribution >= 0.6 is 0 Å². The highest BCUT2D eigenvalue weighted by Gasteiger charge is 2.34. The zero-order chi connectivity index (χ0) is 25.6. The van der Waals surface area contributed by atoms with Crippen LogP contribution in [0.15, 0.2) is 90.0 Å². The summed E-state index contributed by atoms with van der Waals surface area (Å²) in [5, 5.41) is 17.6. The number of hydrogen-bond acceptors (Lipinski definition) is 6. The number of nitrogens with zero attached hydrogens (tertiary/aromatic N) is 5. The van der Waals surface area contributed by atoms with Gasteiger partial charge in [0.2, 0.25) is 5.91 Å². The van der Waals surface area contributed by atoms with E-state index in [0.29, 0.717) is 19.4 Å². The van der Waals surface area contributed by atoms with Gasteiger partial charge in [0.25, 0.3) is 5.69 Å². The third-order valence-corrected chi connectivity index (χ3v) is 7.09. The lowest BCUT2D eigenvalue weighted by molar-refractivity contribution is -0.384. The quantitative estimate of drug-likeness (QED) is 0.339. The molecule has 37 heavy (non-hydrogen) atoms. The number of rotatable bonds is 8. The average Bonchev–Trinajstić information content (AvgIpc) is 3.39. The molecule has 0 spiro atoms. The van der Waals surface area contributed by atoms with Gasteiger partial charge in [-0.3, -0.25) is 19.8 Å². The molecule has 1 atom stereocenters. The molecule has 2 aliphatic rings. The Kier molecular flexibility index (Phi) is 7.67. The van der Waals surface area contributed by atoms with E-state index in [2.05, 4.69) is 34.1 Å². The molecule has 0 N–H and O–H groups in total. The fourth-order valence-electron chi connectivity index (χ4n) is 5.03. The van der Waals surface area contributed by atoms with E-state index in [1.165, 1.54) is 11.6 Å². The Balaban J connectivity index is 1.23. The molecule has 0 aliphatic carbocycles. The number of nitro benzene ring substituents is 1. The molecule has 0 saturated carbocycles. The summed E-state index contributed by atoms with van der Waals surface area (Å²) < 4.78 is 0. The van der Waals surface area contributed by atoms with Gasteiger partial charge >= 0.3 is 0 Å². The lowest BCUT2D eigenvalue weighted by atomic mass is 9.98. The third kappa shape index (κ3) is 6.10. The second-order valence-electron chi connectivity index (χ2n) is 9.58. The van der Waals surface area contributed by atoms with Crippen LogP contribution in [0, 0.1) is 10.1 Å². The number of non-ortho nitro benzene ring substituents is 1. The van der Waals surface area contributed by atoms with Crippen molar-refractivity contribution in [2.75, 3.05) is 32.7 Å². The smallest absolute Gasteiger partial charge is 0.269 e. The molecular formula is C29H31N5O3. The van der Waals surface area contributed by atoms with Crippen LogP contribution in [0.25, 0.3) is 0 Å². The maximum Gasteiger partial charge on any atom is 0.269 e. The molecule has 0 bridgehead atoms. The monoisotopic (exact) mass is 497 g/mol. The van der Waals surface area contributed by atoms with Crippen molar-refractivity contribution in [3.8, 4) is 0 Å². The fourth-order valence-corrected chi connectivity index (χ4v) is 5.03. The SMILES string of the molecule is O=C(CCN1CCN(Cc2ccccc2)CC1)N1N=C(c2ccccc2)C[C@H]1c1cccc([N+](=O)[O-])c1. The Hall–Kier alpha value is -3.88. The van der Waals surface area contributed by atoms with Gasteiger partial charge < -0.3 is 4.90 Å². The molecule has 2 heterocycles. The predicted octanol–water partition coefficient (Wildman–Crippen LogP) is 4.48. The van der Waals surface area contributed by atoms with Crippen LogP contribution in [0.5, 0.6) is 0 Å². The lowest BCUT2D eigenvalue weighted by Gasteiger charge is -2.35. The number of amides is 1. The summed E-state index contributed by atoms with van der Waals surface area (Å²) in [5.74, 6) is -0.0610. The van der Waals surface area contributed by atoms with E-state index < -0.39 is 4.92 Å². The van der Waals surface area contributed by atoms with Crippen molar-refractivity contribution in [1.82, 2.24) is 14.8 Å². The molecule has 2 aliphatic heterocycles. The first-order valence-corrected chi connectivity index (χ1v) is 12.7. The average molecular weight is 498 g/mol. The highest BCUT2D eigenvalue weighted by atomic mass is 16.6. The lowest BCUT2D eigenvalue weighted by Crippen LogP contribution is -2.46.